The molecule has 1 aromatic rings. The maximum absolute atomic E-state index is 13.4. The van der Waals surface area contributed by atoms with E-state index in [0.717, 1.165) is 10.5 Å². The van der Waals surface area contributed by atoms with Crippen molar-refractivity contribution in [3.63, 3.8) is 0 Å². The largest absolute Gasteiger partial charge is 0.445 e. The molecule has 1 aromatic carbocycles. The molecule has 20 heavy (non-hydrogen) atoms. The molecule has 0 bridgehead atoms. The molecule has 1 aliphatic rings. The molecule has 0 aliphatic carbocycles. The Morgan fingerprint density at radius 2 is 2.10 bits per heavy atom. The Hall–Kier alpha value is -1.69. The van der Waals surface area contributed by atoms with Crippen LogP contribution in [0.4, 0.5) is 13.6 Å². The molecule has 4 nitrogen and oxygen atoms in total. The molecular formula is C14H18F2N2O2. The number of nitrogens with two attached hydrogens (primary N) is 1. The quantitative estimate of drug-likeness (QED) is 0.923. The number of carbonyl (C=O) groups is 1. The Morgan fingerprint density at radius 3 is 2.75 bits per heavy atom. The van der Waals surface area contributed by atoms with Crippen LogP contribution in [0.1, 0.15) is 18.4 Å². The summed E-state index contributed by atoms with van der Waals surface area (Å²) >= 11 is 0. The highest BCUT2D eigenvalue weighted by Crippen LogP contribution is 2.33. The number of alkyl halides is 2. The minimum absolute atomic E-state index is 0.0804. The van der Waals surface area contributed by atoms with Crippen LogP contribution >= 0.6 is 0 Å². The standard InChI is InChI=1S/C14H18F2N2O2/c15-14(16)8-12(6-7-17)18(10-14)13(19)20-9-11-4-2-1-3-5-11/h1-5,12H,6-10,17H2/t12-/m1/s1. The van der Waals surface area contributed by atoms with Crippen LogP contribution in [0, 0.1) is 0 Å². The zero-order valence-corrected chi connectivity index (χ0v) is 11.1. The lowest BCUT2D eigenvalue weighted by molar-refractivity contribution is 0.0101. The number of halogens is 2. The van der Waals surface area contributed by atoms with Crippen molar-refractivity contribution < 1.29 is 18.3 Å². The molecule has 1 atom stereocenters. The third-order valence-electron chi connectivity index (χ3n) is 3.32. The number of rotatable bonds is 4. The van der Waals surface area contributed by atoms with Gasteiger partial charge in [0.05, 0.1) is 6.54 Å². The molecule has 0 unspecified atom stereocenters. The maximum atomic E-state index is 13.4. The van der Waals surface area contributed by atoms with E-state index in [1.165, 1.54) is 0 Å². The predicted molar refractivity (Wildman–Crippen MR) is 70.4 cm³/mol. The summed E-state index contributed by atoms with van der Waals surface area (Å²) in [7, 11) is 0. The number of amides is 1. The number of hydrogen-bond acceptors (Lipinski definition) is 3. The maximum Gasteiger partial charge on any atom is 0.410 e. The highest BCUT2D eigenvalue weighted by molar-refractivity contribution is 5.68. The first kappa shape index (κ1) is 14.7. The normalized spacial score (nSPS) is 20.9. The van der Waals surface area contributed by atoms with E-state index in [1.807, 2.05) is 30.3 Å². The molecule has 2 rings (SSSR count). The van der Waals surface area contributed by atoms with Crippen LogP contribution in [0.3, 0.4) is 0 Å². The second-order valence-corrected chi connectivity index (χ2v) is 4.96. The van der Waals surface area contributed by atoms with Gasteiger partial charge in [-0.25, -0.2) is 13.6 Å². The van der Waals surface area contributed by atoms with Gasteiger partial charge in [-0.05, 0) is 18.5 Å². The van der Waals surface area contributed by atoms with E-state index < -0.39 is 24.6 Å². The molecule has 0 radical (unpaired) electrons. The van der Waals surface area contributed by atoms with Crippen LogP contribution in [-0.2, 0) is 11.3 Å². The van der Waals surface area contributed by atoms with Crippen molar-refractivity contribution in [3.05, 3.63) is 35.9 Å². The van der Waals surface area contributed by atoms with Crippen molar-refractivity contribution in [1.82, 2.24) is 4.90 Å². The first-order valence-corrected chi connectivity index (χ1v) is 6.57. The van der Waals surface area contributed by atoms with Gasteiger partial charge in [0.25, 0.3) is 5.92 Å². The van der Waals surface area contributed by atoms with Crippen molar-refractivity contribution in [2.75, 3.05) is 13.1 Å². The van der Waals surface area contributed by atoms with E-state index in [2.05, 4.69) is 0 Å². The lowest BCUT2D eigenvalue weighted by Gasteiger charge is -2.22. The highest BCUT2D eigenvalue weighted by atomic mass is 19.3. The average molecular weight is 284 g/mol. The number of ether oxygens (including phenoxy) is 1. The molecule has 1 saturated heterocycles. The first-order valence-electron chi connectivity index (χ1n) is 6.57. The van der Waals surface area contributed by atoms with Gasteiger partial charge in [-0.15, -0.1) is 0 Å². The summed E-state index contributed by atoms with van der Waals surface area (Å²) in [6.07, 6.45) is -0.690. The molecule has 1 aliphatic heterocycles. The molecule has 2 N–H and O–H groups in total. The third-order valence-corrected chi connectivity index (χ3v) is 3.32. The topological polar surface area (TPSA) is 55.6 Å². The summed E-state index contributed by atoms with van der Waals surface area (Å²) in [5.41, 5.74) is 6.22. The first-order chi connectivity index (χ1) is 9.52. The van der Waals surface area contributed by atoms with Crippen LogP contribution in [-0.4, -0.2) is 36.0 Å². The lowest BCUT2D eigenvalue weighted by Crippen LogP contribution is -2.37. The van der Waals surface area contributed by atoms with Gasteiger partial charge in [0.1, 0.15) is 6.61 Å². The fourth-order valence-electron chi connectivity index (χ4n) is 2.36. The lowest BCUT2D eigenvalue weighted by atomic mass is 10.1. The number of benzene rings is 1. The van der Waals surface area contributed by atoms with Gasteiger partial charge < -0.3 is 10.5 Å². The van der Waals surface area contributed by atoms with E-state index in [4.69, 9.17) is 10.5 Å². The van der Waals surface area contributed by atoms with Crippen LogP contribution in [0.25, 0.3) is 0 Å². The van der Waals surface area contributed by atoms with Gasteiger partial charge in [-0.1, -0.05) is 30.3 Å². The van der Waals surface area contributed by atoms with E-state index in [9.17, 15) is 13.6 Å². The number of likely N-dealkylation sites (tertiary alicyclic amines) is 1. The van der Waals surface area contributed by atoms with Gasteiger partial charge in [-0.3, -0.25) is 4.90 Å². The zero-order valence-electron chi connectivity index (χ0n) is 11.1. The smallest absolute Gasteiger partial charge is 0.410 e. The predicted octanol–water partition coefficient (Wildman–Crippen LogP) is 2.38. The molecule has 0 aromatic heterocycles. The van der Waals surface area contributed by atoms with E-state index in [0.29, 0.717) is 6.42 Å². The second-order valence-electron chi connectivity index (χ2n) is 4.96. The Labute approximate surface area is 116 Å². The van der Waals surface area contributed by atoms with Crippen LogP contribution < -0.4 is 5.73 Å². The average Bonchev–Trinajstić information content (AvgIpc) is 2.73. The summed E-state index contributed by atoms with van der Waals surface area (Å²) in [6.45, 7) is -0.244. The monoisotopic (exact) mass is 284 g/mol. The van der Waals surface area contributed by atoms with Gasteiger partial charge in [0.2, 0.25) is 0 Å². The molecule has 110 valence electrons. The number of nitrogens with zero attached hydrogens (tertiary/aromatic N) is 1. The Bertz CT molecular complexity index is 454. The van der Waals surface area contributed by atoms with E-state index >= 15 is 0 Å². The van der Waals surface area contributed by atoms with Gasteiger partial charge in [-0.2, -0.15) is 0 Å². The minimum atomic E-state index is -2.86. The summed E-state index contributed by atoms with van der Waals surface area (Å²) < 4.78 is 31.9. The van der Waals surface area contributed by atoms with Crippen molar-refractivity contribution in [2.45, 2.75) is 31.4 Å². The Balaban J connectivity index is 1.93. The van der Waals surface area contributed by atoms with Crippen LogP contribution in [0.15, 0.2) is 30.3 Å². The molecule has 1 fully saturated rings. The molecule has 0 saturated carbocycles. The minimum Gasteiger partial charge on any atom is -0.445 e. The second kappa shape index (κ2) is 6.17. The third kappa shape index (κ3) is 3.66. The highest BCUT2D eigenvalue weighted by Gasteiger charge is 2.47. The molecule has 1 heterocycles. The SMILES string of the molecule is NCC[C@@H]1CC(F)(F)CN1C(=O)OCc1ccccc1. The van der Waals surface area contributed by atoms with Gasteiger partial charge in [0.15, 0.2) is 0 Å². The van der Waals surface area contributed by atoms with E-state index in [-0.39, 0.29) is 19.6 Å². The molecule has 0 spiro atoms. The summed E-state index contributed by atoms with van der Waals surface area (Å²) in [4.78, 5) is 13.0. The molecular weight excluding hydrogens is 266 g/mol. The molecule has 6 heteroatoms. The number of hydrogen-bond donors (Lipinski definition) is 1. The number of carbonyl (C=O) groups excluding carboxylic acids is 1. The van der Waals surface area contributed by atoms with Gasteiger partial charge >= 0.3 is 6.09 Å². The van der Waals surface area contributed by atoms with Crippen LogP contribution in [0.5, 0.6) is 0 Å². The van der Waals surface area contributed by atoms with Crippen LogP contribution in [0.2, 0.25) is 0 Å². The van der Waals surface area contributed by atoms with Crippen molar-refractivity contribution in [1.29, 1.82) is 0 Å². The van der Waals surface area contributed by atoms with Gasteiger partial charge in [0, 0.05) is 12.5 Å². The fourth-order valence-corrected chi connectivity index (χ4v) is 2.36. The summed E-state index contributed by atoms with van der Waals surface area (Å²) in [6, 6.07) is 8.57. The zero-order chi connectivity index (χ0) is 14.6. The van der Waals surface area contributed by atoms with Crippen molar-refractivity contribution in [2.24, 2.45) is 5.73 Å². The van der Waals surface area contributed by atoms with Crippen molar-refractivity contribution >= 4 is 6.09 Å². The fraction of sp³-hybridized carbons (Fsp3) is 0.500. The Morgan fingerprint density at radius 1 is 1.40 bits per heavy atom. The Kier molecular flexibility index (Phi) is 4.54. The molecule has 1 amide bonds. The van der Waals surface area contributed by atoms with E-state index in [1.54, 1.807) is 0 Å². The summed E-state index contributed by atoms with van der Waals surface area (Å²) in [5, 5.41) is 0. The van der Waals surface area contributed by atoms with Crippen molar-refractivity contribution in [3.8, 4) is 0 Å². The summed E-state index contributed by atoms with van der Waals surface area (Å²) in [5.74, 6) is -2.86.